The third-order valence-electron chi connectivity index (χ3n) is 4.22. The molecule has 1 atom stereocenters. The summed E-state index contributed by atoms with van der Waals surface area (Å²) < 4.78 is 33.4. The van der Waals surface area contributed by atoms with E-state index in [1.807, 2.05) is 30.5 Å². The molecule has 0 saturated carbocycles. The smallest absolute Gasteiger partial charge is 0.257 e. The molecule has 6 nitrogen and oxygen atoms in total. The Morgan fingerprint density at radius 3 is 2.88 bits per heavy atom. The number of aryl methyl sites for hydroxylation is 1. The number of nitrogens with zero attached hydrogens (tertiary/aromatic N) is 3. The Hall–Kier alpha value is -1.55. The standard InChI is InChI=1S/C16H17N3O3S3/c1-11-6-7-14(24-11)25(20,21)19-8-2-4-12(10-19)15-17-18-16(22-15)13-5-3-9-23-13/h3,5-7,9,12H,2,4,8,10H2,1H3/t12-/m1/s1. The van der Waals surface area contributed by atoms with Gasteiger partial charge in [-0.1, -0.05) is 6.07 Å². The molecule has 25 heavy (non-hydrogen) atoms. The number of thiophene rings is 2. The fourth-order valence-corrected chi connectivity index (χ4v) is 6.55. The molecular weight excluding hydrogens is 378 g/mol. The predicted molar refractivity (Wildman–Crippen MR) is 97.4 cm³/mol. The first-order valence-corrected chi connectivity index (χ1v) is 11.1. The van der Waals surface area contributed by atoms with Gasteiger partial charge in [0.05, 0.1) is 10.8 Å². The second kappa shape index (κ2) is 6.64. The van der Waals surface area contributed by atoms with Gasteiger partial charge >= 0.3 is 0 Å². The number of rotatable bonds is 4. The summed E-state index contributed by atoms with van der Waals surface area (Å²) in [6.45, 7) is 2.82. The Morgan fingerprint density at radius 1 is 1.28 bits per heavy atom. The van der Waals surface area contributed by atoms with Crippen LogP contribution in [0.2, 0.25) is 0 Å². The Kier molecular flexibility index (Phi) is 4.48. The molecule has 1 saturated heterocycles. The van der Waals surface area contributed by atoms with E-state index in [0.717, 1.165) is 22.6 Å². The monoisotopic (exact) mass is 395 g/mol. The van der Waals surface area contributed by atoms with Gasteiger partial charge in [-0.05, 0) is 43.3 Å². The largest absolute Gasteiger partial charge is 0.420 e. The molecule has 3 aromatic heterocycles. The maximum atomic E-state index is 12.8. The first kappa shape index (κ1) is 16.9. The summed E-state index contributed by atoms with van der Waals surface area (Å²) in [5.74, 6) is 0.954. The molecule has 3 aromatic rings. The molecule has 4 heterocycles. The second-order valence-corrected chi connectivity index (χ2v) is 10.4. The normalized spacial score (nSPS) is 19.3. The van der Waals surface area contributed by atoms with Crippen LogP contribution in [0.1, 0.15) is 29.5 Å². The Balaban J connectivity index is 1.55. The van der Waals surface area contributed by atoms with Crippen molar-refractivity contribution < 1.29 is 12.8 Å². The van der Waals surface area contributed by atoms with Crippen molar-refractivity contribution in [2.45, 2.75) is 29.9 Å². The third kappa shape index (κ3) is 3.29. The van der Waals surface area contributed by atoms with Crippen LogP contribution in [-0.2, 0) is 10.0 Å². The molecule has 1 aliphatic rings. The van der Waals surface area contributed by atoms with E-state index in [1.165, 1.54) is 22.7 Å². The zero-order valence-electron chi connectivity index (χ0n) is 13.6. The molecular formula is C16H17N3O3S3. The minimum absolute atomic E-state index is 0.0641. The number of aromatic nitrogens is 2. The first-order chi connectivity index (χ1) is 12.0. The molecule has 9 heteroatoms. The van der Waals surface area contributed by atoms with Crippen LogP contribution in [0.15, 0.2) is 38.3 Å². The van der Waals surface area contributed by atoms with E-state index in [0.29, 0.717) is 29.1 Å². The van der Waals surface area contributed by atoms with Gasteiger partial charge in [-0.3, -0.25) is 0 Å². The van der Waals surface area contributed by atoms with E-state index < -0.39 is 10.0 Å². The Bertz CT molecular complexity index is 960. The molecule has 1 fully saturated rings. The van der Waals surface area contributed by atoms with Gasteiger partial charge < -0.3 is 4.42 Å². The highest BCUT2D eigenvalue weighted by Crippen LogP contribution is 2.33. The molecule has 0 unspecified atom stereocenters. The van der Waals surface area contributed by atoms with Crippen LogP contribution in [-0.4, -0.2) is 36.0 Å². The molecule has 0 radical (unpaired) electrons. The lowest BCUT2D eigenvalue weighted by Gasteiger charge is -2.29. The summed E-state index contributed by atoms with van der Waals surface area (Å²) in [4.78, 5) is 1.91. The van der Waals surface area contributed by atoms with Gasteiger partial charge in [0.25, 0.3) is 15.9 Å². The van der Waals surface area contributed by atoms with Crippen LogP contribution in [0.5, 0.6) is 0 Å². The van der Waals surface area contributed by atoms with Crippen LogP contribution in [0.3, 0.4) is 0 Å². The number of sulfonamides is 1. The van der Waals surface area contributed by atoms with Gasteiger partial charge in [-0.2, -0.15) is 4.31 Å². The lowest BCUT2D eigenvalue weighted by atomic mass is 10.00. The van der Waals surface area contributed by atoms with Crippen molar-refractivity contribution in [3.8, 4) is 10.8 Å². The summed E-state index contributed by atoms with van der Waals surface area (Å²) in [5.41, 5.74) is 0. The van der Waals surface area contributed by atoms with Gasteiger partial charge in [-0.15, -0.1) is 32.9 Å². The average Bonchev–Trinajstić information content (AvgIpc) is 3.35. The van der Waals surface area contributed by atoms with Crippen molar-refractivity contribution >= 4 is 32.7 Å². The van der Waals surface area contributed by atoms with E-state index in [9.17, 15) is 8.42 Å². The van der Waals surface area contributed by atoms with Gasteiger partial charge in [0, 0.05) is 18.0 Å². The number of hydrogen-bond acceptors (Lipinski definition) is 7. The molecule has 4 rings (SSSR count). The van der Waals surface area contributed by atoms with Gasteiger partial charge in [0.15, 0.2) is 0 Å². The minimum atomic E-state index is -3.45. The number of hydrogen-bond donors (Lipinski definition) is 0. The molecule has 0 N–H and O–H groups in total. The summed E-state index contributed by atoms with van der Waals surface area (Å²) in [6.07, 6.45) is 1.63. The van der Waals surface area contributed by atoms with Crippen LogP contribution < -0.4 is 0 Å². The fraction of sp³-hybridized carbons (Fsp3) is 0.375. The number of piperidine rings is 1. The first-order valence-electron chi connectivity index (χ1n) is 7.98. The maximum Gasteiger partial charge on any atom is 0.257 e. The van der Waals surface area contributed by atoms with E-state index in [2.05, 4.69) is 10.2 Å². The zero-order chi connectivity index (χ0) is 17.4. The summed E-state index contributed by atoms with van der Waals surface area (Å²) >= 11 is 2.85. The van der Waals surface area contributed by atoms with Gasteiger partial charge in [-0.25, -0.2) is 8.42 Å². The highest BCUT2D eigenvalue weighted by molar-refractivity contribution is 7.91. The van der Waals surface area contributed by atoms with Gasteiger partial charge in [0.1, 0.15) is 4.21 Å². The third-order valence-corrected chi connectivity index (χ3v) is 8.41. The maximum absolute atomic E-state index is 12.8. The average molecular weight is 396 g/mol. The zero-order valence-corrected chi connectivity index (χ0v) is 16.0. The van der Waals surface area contributed by atoms with E-state index in [4.69, 9.17) is 4.42 Å². The Labute approximate surface area is 154 Å². The van der Waals surface area contributed by atoms with Crippen molar-refractivity contribution in [2.24, 2.45) is 0 Å². The highest BCUT2D eigenvalue weighted by Gasteiger charge is 2.34. The van der Waals surface area contributed by atoms with Gasteiger partial charge in [0.2, 0.25) is 5.89 Å². The second-order valence-electron chi connectivity index (χ2n) is 5.99. The Morgan fingerprint density at radius 2 is 2.16 bits per heavy atom. The van der Waals surface area contributed by atoms with Crippen molar-refractivity contribution in [1.29, 1.82) is 0 Å². The highest BCUT2D eigenvalue weighted by atomic mass is 32.2. The van der Waals surface area contributed by atoms with E-state index in [-0.39, 0.29) is 5.92 Å². The summed E-state index contributed by atoms with van der Waals surface area (Å²) in [6, 6.07) is 7.38. The quantitative estimate of drug-likeness (QED) is 0.673. The molecule has 0 bridgehead atoms. The van der Waals surface area contributed by atoms with Crippen LogP contribution in [0, 0.1) is 6.92 Å². The van der Waals surface area contributed by atoms with Crippen LogP contribution >= 0.6 is 22.7 Å². The fourth-order valence-electron chi connectivity index (χ4n) is 2.94. The molecule has 0 amide bonds. The van der Waals surface area contributed by atoms with Crippen molar-refractivity contribution in [2.75, 3.05) is 13.1 Å². The molecule has 0 aliphatic carbocycles. The molecule has 132 valence electrons. The van der Waals surface area contributed by atoms with E-state index in [1.54, 1.807) is 10.4 Å². The lowest BCUT2D eigenvalue weighted by Crippen LogP contribution is -2.38. The topological polar surface area (TPSA) is 76.3 Å². The lowest BCUT2D eigenvalue weighted by molar-refractivity contribution is 0.286. The van der Waals surface area contributed by atoms with E-state index >= 15 is 0 Å². The van der Waals surface area contributed by atoms with Crippen molar-refractivity contribution in [3.05, 3.63) is 40.4 Å². The van der Waals surface area contributed by atoms with Crippen LogP contribution in [0.25, 0.3) is 10.8 Å². The summed E-state index contributed by atoms with van der Waals surface area (Å²) in [7, 11) is -3.45. The molecule has 0 aromatic carbocycles. The SMILES string of the molecule is Cc1ccc(S(=O)(=O)N2CCC[C@@H](c3nnc(-c4cccs4)o3)C2)s1. The molecule has 0 spiro atoms. The molecule has 1 aliphatic heterocycles. The summed E-state index contributed by atoms with van der Waals surface area (Å²) in [5, 5.41) is 10.2. The van der Waals surface area contributed by atoms with Crippen molar-refractivity contribution in [1.82, 2.24) is 14.5 Å². The predicted octanol–water partition coefficient (Wildman–Crippen LogP) is 3.74. The van der Waals surface area contributed by atoms with Crippen molar-refractivity contribution in [3.63, 3.8) is 0 Å². The minimum Gasteiger partial charge on any atom is -0.420 e. The van der Waals surface area contributed by atoms with Crippen LogP contribution in [0.4, 0.5) is 0 Å².